The molecule has 3 aromatic rings. The number of ether oxygens (including phenoxy) is 1. The molecule has 0 aliphatic heterocycles. The number of hydrogen-bond donors (Lipinski definition) is 2. The molecule has 0 saturated heterocycles. The smallest absolute Gasteiger partial charge is 0.337 e. The van der Waals surface area contributed by atoms with Gasteiger partial charge in [-0.1, -0.05) is 41.6 Å². The molecule has 0 fully saturated rings. The van der Waals surface area contributed by atoms with E-state index in [1.54, 1.807) is 61.0 Å². The van der Waals surface area contributed by atoms with Crippen molar-refractivity contribution in [3.63, 3.8) is 0 Å². The van der Waals surface area contributed by atoms with Crippen molar-refractivity contribution in [2.24, 2.45) is 7.05 Å². The van der Waals surface area contributed by atoms with E-state index in [9.17, 15) is 14.4 Å². The Labute approximate surface area is 199 Å². The molecule has 0 aliphatic carbocycles. The van der Waals surface area contributed by atoms with Gasteiger partial charge in [-0.3, -0.25) is 9.59 Å². The maximum absolute atomic E-state index is 12.5. The van der Waals surface area contributed by atoms with Crippen LogP contribution in [0.1, 0.15) is 39.5 Å². The molecule has 11 heteroatoms. The summed E-state index contributed by atoms with van der Waals surface area (Å²) in [5.41, 5.74) is 1.20. The van der Waals surface area contributed by atoms with Crippen LogP contribution < -0.4 is 10.6 Å². The van der Waals surface area contributed by atoms with E-state index in [1.807, 2.05) is 0 Å². The Morgan fingerprint density at radius 1 is 1.15 bits per heavy atom. The number of anilines is 1. The maximum atomic E-state index is 12.5. The van der Waals surface area contributed by atoms with Gasteiger partial charge in [-0.25, -0.2) is 4.79 Å². The summed E-state index contributed by atoms with van der Waals surface area (Å²) < 4.78 is 6.40. The molecule has 2 N–H and O–H groups in total. The lowest BCUT2D eigenvalue weighted by Gasteiger charge is -2.14. The van der Waals surface area contributed by atoms with Crippen LogP contribution >= 0.6 is 23.4 Å². The zero-order valence-corrected chi connectivity index (χ0v) is 19.7. The standard InChI is InChI=1S/C22H22ClN5O4S/c1-13(24-20(30)16-9-4-5-10-17(16)23)19-26-27-22(28(19)2)33-12-18(29)25-15-8-6-7-14(11-15)21(31)32-3/h4-11,13H,12H2,1-3H3,(H,24,30)(H,25,29)/t13-/m1/s1. The normalized spacial score (nSPS) is 11.5. The molecular formula is C22H22ClN5O4S. The number of halogens is 1. The average Bonchev–Trinajstić information content (AvgIpc) is 3.17. The average molecular weight is 488 g/mol. The molecule has 0 radical (unpaired) electrons. The number of carbonyl (C=O) groups excluding carboxylic acids is 3. The summed E-state index contributed by atoms with van der Waals surface area (Å²) >= 11 is 7.28. The summed E-state index contributed by atoms with van der Waals surface area (Å²) in [5, 5.41) is 14.7. The number of hydrogen-bond acceptors (Lipinski definition) is 7. The second-order valence-electron chi connectivity index (χ2n) is 6.98. The molecule has 9 nitrogen and oxygen atoms in total. The lowest BCUT2D eigenvalue weighted by atomic mass is 10.2. The van der Waals surface area contributed by atoms with E-state index in [1.165, 1.54) is 24.9 Å². The number of amides is 2. The number of nitrogens with zero attached hydrogens (tertiary/aromatic N) is 3. The summed E-state index contributed by atoms with van der Waals surface area (Å²) in [4.78, 5) is 36.5. The van der Waals surface area contributed by atoms with Crippen molar-refractivity contribution >= 4 is 46.8 Å². The highest BCUT2D eigenvalue weighted by molar-refractivity contribution is 7.99. The van der Waals surface area contributed by atoms with Gasteiger partial charge < -0.3 is 19.9 Å². The molecule has 2 amide bonds. The fourth-order valence-electron chi connectivity index (χ4n) is 2.98. The lowest BCUT2D eigenvalue weighted by Crippen LogP contribution is -2.28. The summed E-state index contributed by atoms with van der Waals surface area (Å²) in [5.74, 6) is -0.466. The van der Waals surface area contributed by atoms with Gasteiger partial charge in [0.1, 0.15) is 0 Å². The number of rotatable bonds is 8. The van der Waals surface area contributed by atoms with Crippen molar-refractivity contribution in [1.29, 1.82) is 0 Å². The van der Waals surface area contributed by atoms with E-state index >= 15 is 0 Å². The Morgan fingerprint density at radius 2 is 1.91 bits per heavy atom. The second kappa shape index (κ2) is 11.0. The number of carbonyl (C=O) groups is 3. The highest BCUT2D eigenvalue weighted by atomic mass is 35.5. The summed E-state index contributed by atoms with van der Waals surface area (Å²) in [7, 11) is 3.05. The molecular weight excluding hydrogens is 466 g/mol. The minimum Gasteiger partial charge on any atom is -0.465 e. The van der Waals surface area contributed by atoms with Gasteiger partial charge in [0.15, 0.2) is 11.0 Å². The molecule has 172 valence electrons. The van der Waals surface area contributed by atoms with Gasteiger partial charge >= 0.3 is 5.97 Å². The number of nitrogens with one attached hydrogen (secondary N) is 2. The molecule has 1 aromatic heterocycles. The fourth-order valence-corrected chi connectivity index (χ4v) is 3.92. The molecule has 0 aliphatic rings. The first-order valence-electron chi connectivity index (χ1n) is 9.86. The summed E-state index contributed by atoms with van der Waals surface area (Å²) in [6.45, 7) is 1.79. The van der Waals surface area contributed by atoms with Gasteiger partial charge in [0.25, 0.3) is 5.91 Å². The van der Waals surface area contributed by atoms with Crippen LogP contribution in [-0.2, 0) is 16.6 Å². The third kappa shape index (κ3) is 6.11. The van der Waals surface area contributed by atoms with Crippen LogP contribution in [0, 0.1) is 0 Å². The molecule has 0 saturated carbocycles. The Kier molecular flexibility index (Phi) is 8.07. The van der Waals surface area contributed by atoms with E-state index < -0.39 is 12.0 Å². The second-order valence-corrected chi connectivity index (χ2v) is 8.33. The highest BCUT2D eigenvalue weighted by Gasteiger charge is 2.20. The van der Waals surface area contributed by atoms with Crippen LogP contribution in [0.3, 0.4) is 0 Å². The number of methoxy groups -OCH3 is 1. The quantitative estimate of drug-likeness (QED) is 0.369. The number of benzene rings is 2. The van der Waals surface area contributed by atoms with Crippen LogP contribution in [0.2, 0.25) is 5.02 Å². The van der Waals surface area contributed by atoms with Crippen LogP contribution in [0.4, 0.5) is 5.69 Å². The molecule has 1 heterocycles. The van der Waals surface area contributed by atoms with Gasteiger partial charge in [-0.15, -0.1) is 10.2 Å². The van der Waals surface area contributed by atoms with Crippen LogP contribution in [0.5, 0.6) is 0 Å². The molecule has 0 spiro atoms. The number of esters is 1. The van der Waals surface area contributed by atoms with E-state index in [2.05, 4.69) is 25.6 Å². The minimum absolute atomic E-state index is 0.0782. The predicted octanol–water partition coefficient (Wildman–Crippen LogP) is 3.48. The van der Waals surface area contributed by atoms with E-state index in [4.69, 9.17) is 11.6 Å². The highest BCUT2D eigenvalue weighted by Crippen LogP contribution is 2.21. The minimum atomic E-state index is -0.483. The van der Waals surface area contributed by atoms with Crippen LogP contribution in [-0.4, -0.2) is 45.4 Å². The Hall–Kier alpha value is -3.37. The SMILES string of the molecule is COC(=O)c1cccc(NC(=O)CSc2nnc([C@@H](C)NC(=O)c3ccccc3Cl)n2C)c1. The first-order chi connectivity index (χ1) is 15.8. The molecule has 3 rings (SSSR count). The summed E-state index contributed by atoms with van der Waals surface area (Å²) in [6, 6.07) is 12.8. The van der Waals surface area contributed by atoms with Crippen LogP contribution in [0.25, 0.3) is 0 Å². The predicted molar refractivity (Wildman–Crippen MR) is 125 cm³/mol. The zero-order chi connectivity index (χ0) is 24.0. The third-order valence-electron chi connectivity index (χ3n) is 4.62. The van der Waals surface area contributed by atoms with Gasteiger partial charge in [0.05, 0.1) is 35.1 Å². The molecule has 1 atom stereocenters. The van der Waals surface area contributed by atoms with E-state index in [0.717, 1.165) is 0 Å². The zero-order valence-electron chi connectivity index (χ0n) is 18.2. The lowest BCUT2D eigenvalue weighted by molar-refractivity contribution is -0.113. The van der Waals surface area contributed by atoms with Crippen molar-refractivity contribution in [2.75, 3.05) is 18.2 Å². The van der Waals surface area contributed by atoms with Crippen molar-refractivity contribution in [3.05, 3.63) is 70.5 Å². The largest absolute Gasteiger partial charge is 0.465 e. The summed E-state index contributed by atoms with van der Waals surface area (Å²) in [6.07, 6.45) is 0. The molecule has 33 heavy (non-hydrogen) atoms. The van der Waals surface area contributed by atoms with E-state index in [-0.39, 0.29) is 17.6 Å². The topological polar surface area (TPSA) is 115 Å². The molecule has 0 unspecified atom stereocenters. The first kappa shape index (κ1) is 24.3. The van der Waals surface area contributed by atoms with Crippen molar-refractivity contribution in [1.82, 2.24) is 20.1 Å². The van der Waals surface area contributed by atoms with Crippen LogP contribution in [0.15, 0.2) is 53.7 Å². The van der Waals surface area contributed by atoms with E-state index in [0.29, 0.717) is 32.8 Å². The Bertz CT molecular complexity index is 1180. The third-order valence-corrected chi connectivity index (χ3v) is 5.97. The monoisotopic (exact) mass is 487 g/mol. The fraction of sp³-hybridized carbons (Fsp3) is 0.227. The van der Waals surface area contributed by atoms with Crippen molar-refractivity contribution in [3.8, 4) is 0 Å². The van der Waals surface area contributed by atoms with Gasteiger partial charge in [-0.05, 0) is 37.3 Å². The van der Waals surface area contributed by atoms with Crippen molar-refractivity contribution in [2.45, 2.75) is 18.1 Å². The van der Waals surface area contributed by atoms with Gasteiger partial charge in [0, 0.05) is 12.7 Å². The Balaban J connectivity index is 1.58. The number of thioether (sulfide) groups is 1. The Morgan fingerprint density at radius 3 is 2.64 bits per heavy atom. The van der Waals surface area contributed by atoms with Gasteiger partial charge in [-0.2, -0.15) is 0 Å². The van der Waals surface area contributed by atoms with Crippen molar-refractivity contribution < 1.29 is 19.1 Å². The maximum Gasteiger partial charge on any atom is 0.337 e. The number of aromatic nitrogens is 3. The molecule has 0 bridgehead atoms. The van der Waals surface area contributed by atoms with Gasteiger partial charge in [0.2, 0.25) is 5.91 Å². The first-order valence-corrected chi connectivity index (χ1v) is 11.2. The molecule has 2 aromatic carbocycles.